The number of benzene rings is 2. The van der Waals surface area contributed by atoms with E-state index >= 15 is 0 Å². The SMILES string of the molecule is N#CCC1CN(c2nc(OCC3(N4CCCC4)CC3)nc3c2CCN(c2cccc4cccc(Cl)c24)C3)CCN1C(=O)O. The second kappa shape index (κ2) is 11.4. The van der Waals surface area contributed by atoms with E-state index in [-0.39, 0.29) is 12.0 Å². The van der Waals surface area contributed by atoms with E-state index in [1.54, 1.807) is 0 Å². The lowest BCUT2D eigenvalue weighted by atomic mass is 10.0. The lowest BCUT2D eigenvalue weighted by Crippen LogP contribution is -2.55. The average Bonchev–Trinajstić information content (AvgIpc) is 3.60. The summed E-state index contributed by atoms with van der Waals surface area (Å²) >= 11 is 6.70. The van der Waals surface area contributed by atoms with Gasteiger partial charge in [0.05, 0.1) is 41.3 Å². The third-order valence-corrected chi connectivity index (χ3v) is 9.94. The minimum atomic E-state index is -0.991. The van der Waals surface area contributed by atoms with Crippen LogP contribution in [0.15, 0.2) is 36.4 Å². The number of piperazine rings is 1. The summed E-state index contributed by atoms with van der Waals surface area (Å²) in [6.45, 7) is 5.38. The summed E-state index contributed by atoms with van der Waals surface area (Å²) in [6, 6.07) is 14.4. The van der Waals surface area contributed by atoms with Crippen LogP contribution in [0.2, 0.25) is 5.02 Å². The van der Waals surface area contributed by atoms with Crippen LogP contribution < -0.4 is 14.5 Å². The zero-order chi connectivity index (χ0) is 29.6. The Hall–Kier alpha value is -3.81. The highest BCUT2D eigenvalue weighted by Crippen LogP contribution is 2.44. The van der Waals surface area contributed by atoms with E-state index in [2.05, 4.69) is 45.0 Å². The second-order valence-electron chi connectivity index (χ2n) is 12.2. The number of fused-ring (bicyclic) bond motifs is 2. The monoisotopic (exact) mass is 601 g/mol. The van der Waals surface area contributed by atoms with E-state index < -0.39 is 12.1 Å². The molecule has 1 unspecified atom stereocenters. The fraction of sp³-hybridized carbons (Fsp3) is 0.500. The van der Waals surface area contributed by atoms with E-state index in [9.17, 15) is 15.2 Å². The molecule has 2 aromatic carbocycles. The van der Waals surface area contributed by atoms with Crippen molar-refractivity contribution in [3.63, 3.8) is 0 Å². The standard InChI is InChI=1S/C32H36ClN7O3/c33-25-7-3-5-22-6-4-8-27(28(22)25)37-16-10-24-26(20-37)35-30(43-21-32(11-12-32)39-14-1-2-15-39)36-29(24)38-17-18-40(31(41)42)23(19-38)9-13-34/h3-8,23H,1-2,9-12,14-21H2,(H,41,42). The first-order chi connectivity index (χ1) is 21.0. The van der Waals surface area contributed by atoms with Crippen LogP contribution in [-0.4, -0.2) is 88.4 Å². The van der Waals surface area contributed by atoms with Crippen LogP contribution in [0.5, 0.6) is 6.01 Å². The van der Waals surface area contributed by atoms with Gasteiger partial charge >= 0.3 is 12.1 Å². The number of carbonyl (C=O) groups is 1. The van der Waals surface area contributed by atoms with E-state index in [1.165, 1.54) is 17.7 Å². The summed E-state index contributed by atoms with van der Waals surface area (Å²) < 4.78 is 6.42. The Morgan fingerprint density at radius 3 is 2.60 bits per heavy atom. The highest BCUT2D eigenvalue weighted by atomic mass is 35.5. The lowest BCUT2D eigenvalue weighted by Gasteiger charge is -2.41. The predicted octanol–water partition coefficient (Wildman–Crippen LogP) is 4.94. The Labute approximate surface area is 256 Å². The average molecular weight is 602 g/mol. The fourth-order valence-corrected chi connectivity index (χ4v) is 7.40. The van der Waals surface area contributed by atoms with Crippen molar-refractivity contribution in [3.8, 4) is 12.1 Å². The number of carboxylic acid groups (broad SMARTS) is 1. The van der Waals surface area contributed by atoms with Gasteiger partial charge in [-0.1, -0.05) is 35.9 Å². The molecule has 4 heterocycles. The number of rotatable bonds is 7. The number of nitriles is 1. The number of amides is 1. The molecule has 4 aliphatic rings. The van der Waals surface area contributed by atoms with Crippen molar-refractivity contribution in [2.24, 2.45) is 0 Å². The Bertz CT molecular complexity index is 1580. The normalized spacial score (nSPS) is 21.5. The van der Waals surface area contributed by atoms with Crippen LogP contribution in [-0.2, 0) is 13.0 Å². The Morgan fingerprint density at radius 1 is 1.07 bits per heavy atom. The van der Waals surface area contributed by atoms with Crippen LogP contribution in [0.1, 0.15) is 43.4 Å². The van der Waals surface area contributed by atoms with Crippen LogP contribution in [0.3, 0.4) is 0 Å². The molecular weight excluding hydrogens is 566 g/mol. The van der Waals surface area contributed by atoms with Crippen LogP contribution in [0, 0.1) is 11.3 Å². The maximum absolute atomic E-state index is 11.9. The number of aromatic nitrogens is 2. The maximum Gasteiger partial charge on any atom is 0.407 e. The molecule has 11 heteroatoms. The molecule has 1 amide bonds. The second-order valence-corrected chi connectivity index (χ2v) is 12.6. The summed E-state index contributed by atoms with van der Waals surface area (Å²) in [5, 5.41) is 22.0. The summed E-state index contributed by atoms with van der Waals surface area (Å²) in [4.78, 5) is 30.3. The van der Waals surface area contributed by atoms with Gasteiger partial charge in [-0.15, -0.1) is 0 Å². The van der Waals surface area contributed by atoms with Crippen molar-refractivity contribution in [3.05, 3.63) is 52.7 Å². The predicted molar refractivity (Wildman–Crippen MR) is 165 cm³/mol. The zero-order valence-electron chi connectivity index (χ0n) is 24.2. The molecule has 224 valence electrons. The molecule has 3 aliphatic heterocycles. The number of hydrogen-bond acceptors (Lipinski definition) is 8. The third kappa shape index (κ3) is 5.30. The van der Waals surface area contributed by atoms with E-state index in [4.69, 9.17) is 26.3 Å². The van der Waals surface area contributed by atoms with Gasteiger partial charge in [0.25, 0.3) is 0 Å². The van der Waals surface area contributed by atoms with Gasteiger partial charge in [-0.25, -0.2) is 4.79 Å². The summed E-state index contributed by atoms with van der Waals surface area (Å²) in [5.41, 5.74) is 3.15. The first-order valence-electron chi connectivity index (χ1n) is 15.3. The van der Waals surface area contributed by atoms with Crippen molar-refractivity contribution in [2.45, 2.75) is 56.7 Å². The number of anilines is 2. The van der Waals surface area contributed by atoms with E-state index in [0.29, 0.717) is 38.8 Å². The molecule has 1 atom stereocenters. The zero-order valence-corrected chi connectivity index (χ0v) is 25.0. The Morgan fingerprint density at radius 2 is 1.86 bits per heavy atom. The van der Waals surface area contributed by atoms with Gasteiger partial charge in [-0.3, -0.25) is 4.90 Å². The van der Waals surface area contributed by atoms with Crippen molar-refractivity contribution < 1.29 is 14.6 Å². The number of halogens is 1. The quantitative estimate of drug-likeness (QED) is 0.403. The minimum absolute atomic E-state index is 0.0899. The molecule has 1 aromatic heterocycles. The fourth-order valence-electron chi connectivity index (χ4n) is 7.13. The maximum atomic E-state index is 11.9. The number of nitrogens with zero attached hydrogens (tertiary/aromatic N) is 7. The molecule has 2 saturated heterocycles. The summed E-state index contributed by atoms with van der Waals surface area (Å²) in [7, 11) is 0. The van der Waals surface area contributed by atoms with Gasteiger partial charge in [0, 0.05) is 42.8 Å². The largest absolute Gasteiger partial charge is 0.465 e. The van der Waals surface area contributed by atoms with E-state index in [0.717, 1.165) is 77.5 Å². The highest BCUT2D eigenvalue weighted by Gasteiger charge is 2.49. The van der Waals surface area contributed by atoms with Gasteiger partial charge in [0.2, 0.25) is 0 Å². The van der Waals surface area contributed by atoms with Crippen LogP contribution in [0.25, 0.3) is 10.8 Å². The molecule has 0 spiro atoms. The molecule has 43 heavy (non-hydrogen) atoms. The van der Waals surface area contributed by atoms with Crippen molar-refractivity contribution >= 4 is 40.0 Å². The van der Waals surface area contributed by atoms with Crippen molar-refractivity contribution in [1.29, 1.82) is 5.26 Å². The third-order valence-electron chi connectivity index (χ3n) is 9.62. The summed E-state index contributed by atoms with van der Waals surface area (Å²) in [5.74, 6) is 0.801. The van der Waals surface area contributed by atoms with Crippen molar-refractivity contribution in [1.82, 2.24) is 19.8 Å². The molecule has 0 radical (unpaired) electrons. The van der Waals surface area contributed by atoms with Gasteiger partial charge in [-0.05, 0) is 62.7 Å². The Kier molecular flexibility index (Phi) is 7.39. The molecule has 7 rings (SSSR count). The molecule has 1 N–H and O–H groups in total. The number of likely N-dealkylation sites (tertiary alicyclic amines) is 1. The molecule has 1 aliphatic carbocycles. The van der Waals surface area contributed by atoms with Crippen LogP contribution >= 0.6 is 11.6 Å². The molecular formula is C32H36ClN7O3. The smallest absolute Gasteiger partial charge is 0.407 e. The van der Waals surface area contributed by atoms with Gasteiger partial charge in [0.1, 0.15) is 12.4 Å². The highest BCUT2D eigenvalue weighted by molar-refractivity contribution is 6.36. The first kappa shape index (κ1) is 28.0. The summed E-state index contributed by atoms with van der Waals surface area (Å²) in [6.07, 6.45) is 4.61. The first-order valence-corrected chi connectivity index (χ1v) is 15.6. The van der Waals surface area contributed by atoms with Gasteiger partial charge in [0.15, 0.2) is 0 Å². The number of hydrogen-bond donors (Lipinski definition) is 1. The number of ether oxygens (including phenoxy) is 1. The van der Waals surface area contributed by atoms with Gasteiger partial charge in [-0.2, -0.15) is 15.2 Å². The molecule has 3 aromatic rings. The van der Waals surface area contributed by atoms with Crippen LogP contribution in [0.4, 0.5) is 16.3 Å². The molecule has 0 bridgehead atoms. The Balaban J connectivity index is 1.22. The minimum Gasteiger partial charge on any atom is -0.465 e. The lowest BCUT2D eigenvalue weighted by molar-refractivity contribution is 0.118. The van der Waals surface area contributed by atoms with Crippen molar-refractivity contribution in [2.75, 3.05) is 55.7 Å². The molecule has 1 saturated carbocycles. The topological polar surface area (TPSA) is 109 Å². The van der Waals surface area contributed by atoms with E-state index in [1.807, 2.05) is 12.1 Å². The molecule has 3 fully saturated rings. The molecule has 10 nitrogen and oxygen atoms in total. The van der Waals surface area contributed by atoms with Gasteiger partial charge < -0.3 is 24.5 Å².